The van der Waals surface area contributed by atoms with E-state index in [9.17, 15) is 4.39 Å². The molecular weight excluding hydrogens is 227 g/mol. The Hall–Kier alpha value is -0.930. The molecule has 2 nitrogen and oxygen atoms in total. The molecular formula is C15H25FN2. The summed E-state index contributed by atoms with van der Waals surface area (Å²) in [5, 5.41) is 6.74. The summed E-state index contributed by atoms with van der Waals surface area (Å²) in [6.45, 7) is 10.4. The van der Waals surface area contributed by atoms with Gasteiger partial charge in [0.25, 0.3) is 0 Å². The van der Waals surface area contributed by atoms with Crippen molar-refractivity contribution < 1.29 is 4.39 Å². The summed E-state index contributed by atoms with van der Waals surface area (Å²) in [6, 6.07) is 6.77. The zero-order valence-electron chi connectivity index (χ0n) is 12.1. The van der Waals surface area contributed by atoms with Crippen molar-refractivity contribution in [2.75, 3.05) is 20.1 Å². The van der Waals surface area contributed by atoms with Crippen LogP contribution in [0.3, 0.4) is 0 Å². The first-order chi connectivity index (χ1) is 8.27. The van der Waals surface area contributed by atoms with Gasteiger partial charge in [-0.2, -0.15) is 0 Å². The van der Waals surface area contributed by atoms with Gasteiger partial charge in [0.15, 0.2) is 0 Å². The summed E-state index contributed by atoms with van der Waals surface area (Å²) in [5.74, 6) is -0.182. The predicted molar refractivity (Wildman–Crippen MR) is 75.4 cm³/mol. The van der Waals surface area contributed by atoms with Crippen LogP contribution in [0.15, 0.2) is 24.3 Å². The molecule has 0 bridgehead atoms. The number of nitrogens with one attached hydrogen (secondary N) is 2. The minimum absolute atomic E-state index is 0.00246. The van der Waals surface area contributed by atoms with Gasteiger partial charge in [-0.15, -0.1) is 0 Å². The van der Waals surface area contributed by atoms with Crippen LogP contribution in [-0.2, 0) is 5.41 Å². The monoisotopic (exact) mass is 252 g/mol. The fourth-order valence-electron chi connectivity index (χ4n) is 1.78. The van der Waals surface area contributed by atoms with Crippen LogP contribution in [0.5, 0.6) is 0 Å². The van der Waals surface area contributed by atoms with Crippen LogP contribution in [0.1, 0.15) is 33.3 Å². The van der Waals surface area contributed by atoms with Crippen LogP contribution in [0.4, 0.5) is 4.39 Å². The van der Waals surface area contributed by atoms with Crippen molar-refractivity contribution in [3.63, 3.8) is 0 Å². The van der Waals surface area contributed by atoms with Gasteiger partial charge in [0.05, 0.1) is 0 Å². The molecule has 0 aromatic heterocycles. The van der Waals surface area contributed by atoms with Crippen molar-refractivity contribution in [1.29, 1.82) is 0 Å². The second-order valence-electron chi connectivity index (χ2n) is 6.13. The van der Waals surface area contributed by atoms with Gasteiger partial charge in [0.2, 0.25) is 0 Å². The minimum Gasteiger partial charge on any atom is -0.314 e. The summed E-state index contributed by atoms with van der Waals surface area (Å²) in [5.41, 5.74) is 1.23. The van der Waals surface area contributed by atoms with E-state index >= 15 is 0 Å². The first-order valence-electron chi connectivity index (χ1n) is 6.42. The highest BCUT2D eigenvalue weighted by molar-refractivity contribution is 5.24. The number of hydrogen-bond donors (Lipinski definition) is 2. The molecule has 18 heavy (non-hydrogen) atoms. The van der Waals surface area contributed by atoms with E-state index in [0.717, 1.165) is 18.7 Å². The van der Waals surface area contributed by atoms with Crippen molar-refractivity contribution in [1.82, 2.24) is 10.6 Å². The van der Waals surface area contributed by atoms with Gasteiger partial charge in [0, 0.05) is 24.0 Å². The highest BCUT2D eigenvalue weighted by Gasteiger charge is 2.22. The molecule has 0 fully saturated rings. The van der Waals surface area contributed by atoms with Gasteiger partial charge in [-0.05, 0) is 38.6 Å². The van der Waals surface area contributed by atoms with Crippen LogP contribution in [0.2, 0.25) is 0 Å². The summed E-state index contributed by atoms with van der Waals surface area (Å²) in [7, 11) is 1.97. The lowest BCUT2D eigenvalue weighted by molar-refractivity contribution is 0.367. The highest BCUT2D eigenvalue weighted by Crippen LogP contribution is 2.22. The van der Waals surface area contributed by atoms with Gasteiger partial charge in [-0.3, -0.25) is 0 Å². The Morgan fingerprint density at radius 2 is 1.56 bits per heavy atom. The SMILES string of the molecule is CNC(C)(C)CNCC(C)(C)c1ccc(F)cc1. The van der Waals surface area contributed by atoms with Crippen molar-refractivity contribution in [2.45, 2.75) is 38.6 Å². The quantitative estimate of drug-likeness (QED) is 0.813. The number of hydrogen-bond acceptors (Lipinski definition) is 2. The Morgan fingerprint density at radius 3 is 2.06 bits per heavy atom. The maximum absolute atomic E-state index is 12.9. The third-order valence-electron chi connectivity index (χ3n) is 3.44. The molecule has 0 aliphatic carbocycles. The van der Waals surface area contributed by atoms with Crippen LogP contribution in [0, 0.1) is 5.82 Å². The smallest absolute Gasteiger partial charge is 0.123 e. The first-order valence-corrected chi connectivity index (χ1v) is 6.42. The molecule has 0 radical (unpaired) electrons. The second kappa shape index (κ2) is 5.81. The van der Waals surface area contributed by atoms with E-state index in [4.69, 9.17) is 0 Å². The summed E-state index contributed by atoms with van der Waals surface area (Å²) >= 11 is 0. The molecule has 0 spiro atoms. The Morgan fingerprint density at radius 1 is 1.00 bits per heavy atom. The van der Waals surface area contributed by atoms with E-state index in [1.54, 1.807) is 0 Å². The number of likely N-dealkylation sites (N-methyl/N-ethyl adjacent to an activating group) is 1. The molecule has 1 aromatic carbocycles. The summed E-state index contributed by atoms with van der Waals surface area (Å²) < 4.78 is 12.9. The minimum atomic E-state index is -0.182. The lowest BCUT2D eigenvalue weighted by Crippen LogP contribution is -2.48. The number of benzene rings is 1. The molecule has 0 atom stereocenters. The Labute approximate surface area is 110 Å². The molecule has 2 N–H and O–H groups in total. The third kappa shape index (κ3) is 4.39. The fourth-order valence-corrected chi connectivity index (χ4v) is 1.78. The van der Waals surface area contributed by atoms with Crippen LogP contribution < -0.4 is 10.6 Å². The molecule has 0 aliphatic heterocycles. The molecule has 1 aromatic rings. The van der Waals surface area contributed by atoms with Gasteiger partial charge in [0.1, 0.15) is 5.82 Å². The van der Waals surface area contributed by atoms with Gasteiger partial charge < -0.3 is 10.6 Å². The third-order valence-corrected chi connectivity index (χ3v) is 3.44. The largest absolute Gasteiger partial charge is 0.314 e. The van der Waals surface area contributed by atoms with Gasteiger partial charge in [-0.1, -0.05) is 26.0 Å². The standard InChI is InChI=1S/C15H25FN2/c1-14(2,10-18-11-15(3,4)17-5)12-6-8-13(16)9-7-12/h6-9,17-18H,10-11H2,1-5H3. The van der Waals surface area contributed by atoms with E-state index in [0.29, 0.717) is 0 Å². The normalized spacial score (nSPS) is 12.8. The lowest BCUT2D eigenvalue weighted by atomic mass is 9.84. The van der Waals surface area contributed by atoms with E-state index in [1.165, 1.54) is 12.1 Å². The Bertz CT molecular complexity index is 369. The topological polar surface area (TPSA) is 24.1 Å². The molecule has 0 aliphatic rings. The average molecular weight is 252 g/mol. The molecule has 0 unspecified atom stereocenters. The average Bonchev–Trinajstić information content (AvgIpc) is 2.29. The van der Waals surface area contributed by atoms with E-state index in [-0.39, 0.29) is 16.8 Å². The molecule has 3 heteroatoms. The van der Waals surface area contributed by atoms with E-state index < -0.39 is 0 Å². The first kappa shape index (κ1) is 15.1. The zero-order chi connectivity index (χ0) is 13.8. The van der Waals surface area contributed by atoms with E-state index in [1.807, 2.05) is 19.2 Å². The van der Waals surface area contributed by atoms with Crippen LogP contribution >= 0.6 is 0 Å². The number of rotatable bonds is 6. The molecule has 1 rings (SSSR count). The molecule has 0 heterocycles. The maximum atomic E-state index is 12.9. The molecule has 0 amide bonds. The molecule has 102 valence electrons. The number of halogens is 1. The Kier molecular flexibility index (Phi) is 4.88. The molecule has 0 saturated carbocycles. The van der Waals surface area contributed by atoms with Crippen molar-refractivity contribution >= 4 is 0 Å². The lowest BCUT2D eigenvalue weighted by Gasteiger charge is -2.30. The van der Waals surface area contributed by atoms with Crippen molar-refractivity contribution in [3.8, 4) is 0 Å². The van der Waals surface area contributed by atoms with Crippen LogP contribution in [0.25, 0.3) is 0 Å². The van der Waals surface area contributed by atoms with Crippen molar-refractivity contribution in [2.24, 2.45) is 0 Å². The van der Waals surface area contributed by atoms with Gasteiger partial charge in [-0.25, -0.2) is 4.39 Å². The Balaban J connectivity index is 2.57. The second-order valence-corrected chi connectivity index (χ2v) is 6.13. The van der Waals surface area contributed by atoms with Crippen LogP contribution in [-0.4, -0.2) is 25.7 Å². The summed E-state index contributed by atoms with van der Waals surface area (Å²) in [4.78, 5) is 0. The zero-order valence-corrected chi connectivity index (χ0v) is 12.1. The molecule has 0 saturated heterocycles. The fraction of sp³-hybridized carbons (Fsp3) is 0.600. The predicted octanol–water partition coefficient (Wildman–Crippen LogP) is 2.69. The van der Waals surface area contributed by atoms with Crippen molar-refractivity contribution in [3.05, 3.63) is 35.6 Å². The van der Waals surface area contributed by atoms with Gasteiger partial charge >= 0.3 is 0 Å². The van der Waals surface area contributed by atoms with E-state index in [2.05, 4.69) is 38.3 Å². The summed E-state index contributed by atoms with van der Waals surface area (Å²) in [6.07, 6.45) is 0. The highest BCUT2D eigenvalue weighted by atomic mass is 19.1. The maximum Gasteiger partial charge on any atom is 0.123 e.